The Balaban J connectivity index is 1.87. The molecule has 1 saturated heterocycles. The van der Waals surface area contributed by atoms with Gasteiger partial charge in [-0.1, -0.05) is 23.7 Å². The van der Waals surface area contributed by atoms with Crippen LogP contribution in [0.15, 0.2) is 47.4 Å². The predicted molar refractivity (Wildman–Crippen MR) is 87.9 cm³/mol. The SMILES string of the molecule is O=C1C[C@H](c2ccc(Cl)cc2)CN1c1cccn(CC(F)F)c1=O. The van der Waals surface area contributed by atoms with Gasteiger partial charge in [0.15, 0.2) is 0 Å². The van der Waals surface area contributed by atoms with Gasteiger partial charge < -0.3 is 9.47 Å². The first-order chi connectivity index (χ1) is 11.5. The van der Waals surface area contributed by atoms with Crippen molar-refractivity contribution in [3.8, 4) is 0 Å². The molecule has 1 amide bonds. The zero-order chi connectivity index (χ0) is 17.3. The molecule has 4 nitrogen and oxygen atoms in total. The van der Waals surface area contributed by atoms with Crippen molar-refractivity contribution in [1.82, 2.24) is 4.57 Å². The summed E-state index contributed by atoms with van der Waals surface area (Å²) < 4.78 is 26.0. The number of pyridine rings is 1. The number of halogens is 3. The van der Waals surface area contributed by atoms with Crippen LogP contribution in [0.25, 0.3) is 0 Å². The van der Waals surface area contributed by atoms with Gasteiger partial charge in [-0.2, -0.15) is 0 Å². The zero-order valence-electron chi connectivity index (χ0n) is 12.7. The van der Waals surface area contributed by atoms with E-state index in [1.807, 2.05) is 12.1 Å². The first kappa shape index (κ1) is 16.6. The lowest BCUT2D eigenvalue weighted by atomic mass is 9.98. The summed E-state index contributed by atoms with van der Waals surface area (Å²) in [5.41, 5.74) is 0.515. The van der Waals surface area contributed by atoms with Gasteiger partial charge in [0.05, 0.1) is 6.54 Å². The summed E-state index contributed by atoms with van der Waals surface area (Å²) >= 11 is 5.87. The molecule has 0 unspecified atom stereocenters. The van der Waals surface area contributed by atoms with Crippen LogP contribution in [0.3, 0.4) is 0 Å². The maximum Gasteiger partial charge on any atom is 0.274 e. The van der Waals surface area contributed by atoms with Gasteiger partial charge in [0.25, 0.3) is 12.0 Å². The van der Waals surface area contributed by atoms with E-state index in [9.17, 15) is 18.4 Å². The Morgan fingerprint density at radius 3 is 2.54 bits per heavy atom. The standard InChI is InChI=1S/C17H15ClF2N2O2/c18-13-5-3-11(4-6-13)12-8-16(23)22(9-12)14-2-1-7-21(17(14)24)10-15(19)20/h1-7,12,15H,8-10H2/t12-/m0/s1. The summed E-state index contributed by atoms with van der Waals surface area (Å²) in [6, 6.07) is 10.2. The fraction of sp³-hybridized carbons (Fsp3) is 0.294. The average Bonchev–Trinajstić information content (AvgIpc) is 2.91. The minimum absolute atomic E-state index is 0.0575. The van der Waals surface area contributed by atoms with Crippen molar-refractivity contribution in [2.45, 2.75) is 25.3 Å². The Bertz CT molecular complexity index is 805. The lowest BCUT2D eigenvalue weighted by molar-refractivity contribution is -0.117. The predicted octanol–water partition coefficient (Wildman–Crippen LogP) is 3.29. The molecule has 0 saturated carbocycles. The Kier molecular flexibility index (Phi) is 4.66. The molecule has 1 aromatic carbocycles. The second kappa shape index (κ2) is 6.73. The molecule has 2 aromatic rings. The molecule has 1 fully saturated rings. The minimum atomic E-state index is -2.63. The number of benzene rings is 1. The topological polar surface area (TPSA) is 42.3 Å². The van der Waals surface area contributed by atoms with E-state index in [1.54, 1.807) is 12.1 Å². The lowest BCUT2D eigenvalue weighted by Crippen LogP contribution is -2.33. The van der Waals surface area contributed by atoms with Crippen LogP contribution in [-0.4, -0.2) is 23.4 Å². The summed E-state index contributed by atoms with van der Waals surface area (Å²) in [6.07, 6.45) is -1.06. The highest BCUT2D eigenvalue weighted by Gasteiger charge is 2.33. The summed E-state index contributed by atoms with van der Waals surface area (Å²) in [6.45, 7) is -0.344. The molecule has 3 rings (SSSR count). The number of anilines is 1. The van der Waals surface area contributed by atoms with Gasteiger partial charge in [-0.15, -0.1) is 0 Å². The van der Waals surface area contributed by atoms with Crippen molar-refractivity contribution < 1.29 is 13.6 Å². The molecular weight excluding hydrogens is 338 g/mol. The summed E-state index contributed by atoms with van der Waals surface area (Å²) in [4.78, 5) is 26.0. The molecule has 2 heterocycles. The van der Waals surface area contributed by atoms with E-state index >= 15 is 0 Å². The van der Waals surface area contributed by atoms with Crippen molar-refractivity contribution in [2.75, 3.05) is 11.4 Å². The van der Waals surface area contributed by atoms with E-state index < -0.39 is 18.5 Å². The molecule has 1 aliphatic rings. The summed E-state index contributed by atoms with van der Waals surface area (Å²) in [7, 11) is 0. The number of amides is 1. The third-order valence-corrected chi connectivity index (χ3v) is 4.34. The van der Waals surface area contributed by atoms with Crippen molar-refractivity contribution in [3.63, 3.8) is 0 Å². The van der Waals surface area contributed by atoms with Gasteiger partial charge >= 0.3 is 0 Å². The van der Waals surface area contributed by atoms with E-state index in [4.69, 9.17) is 11.6 Å². The van der Waals surface area contributed by atoms with Gasteiger partial charge in [-0.05, 0) is 29.8 Å². The number of aromatic nitrogens is 1. The van der Waals surface area contributed by atoms with Crippen LogP contribution < -0.4 is 10.5 Å². The number of alkyl halides is 2. The van der Waals surface area contributed by atoms with E-state index in [-0.39, 0.29) is 23.9 Å². The number of carbonyl (C=O) groups excluding carboxylic acids is 1. The van der Waals surface area contributed by atoms with E-state index in [2.05, 4.69) is 0 Å². The summed E-state index contributed by atoms with van der Waals surface area (Å²) in [5.74, 6) is -0.250. The van der Waals surface area contributed by atoms with Gasteiger partial charge in [0, 0.05) is 30.1 Å². The molecule has 0 spiro atoms. The fourth-order valence-electron chi connectivity index (χ4n) is 2.92. The number of hydrogen-bond donors (Lipinski definition) is 0. The van der Waals surface area contributed by atoms with Crippen LogP contribution in [0.4, 0.5) is 14.5 Å². The number of nitrogens with zero attached hydrogens (tertiary/aromatic N) is 2. The second-order valence-corrected chi connectivity index (χ2v) is 6.14. The highest BCUT2D eigenvalue weighted by Crippen LogP contribution is 2.31. The van der Waals surface area contributed by atoms with Gasteiger partial charge in [-0.25, -0.2) is 8.78 Å². The minimum Gasteiger partial charge on any atom is -0.308 e. The van der Waals surface area contributed by atoms with E-state index in [1.165, 1.54) is 23.2 Å². The Morgan fingerprint density at radius 2 is 1.88 bits per heavy atom. The monoisotopic (exact) mass is 352 g/mol. The molecule has 126 valence electrons. The normalized spacial score (nSPS) is 17.8. The molecule has 0 aliphatic carbocycles. The lowest BCUT2D eigenvalue weighted by Gasteiger charge is -2.17. The van der Waals surface area contributed by atoms with Crippen molar-refractivity contribution >= 4 is 23.2 Å². The second-order valence-electron chi connectivity index (χ2n) is 5.70. The molecule has 1 aliphatic heterocycles. The molecule has 1 atom stereocenters. The Hall–Kier alpha value is -2.21. The van der Waals surface area contributed by atoms with Gasteiger partial charge in [0.1, 0.15) is 5.69 Å². The molecule has 0 N–H and O–H groups in total. The van der Waals surface area contributed by atoms with Gasteiger partial charge in [0.2, 0.25) is 5.91 Å². The van der Waals surface area contributed by atoms with E-state index in [0.717, 1.165) is 10.1 Å². The Labute approximate surface area is 142 Å². The smallest absolute Gasteiger partial charge is 0.274 e. The van der Waals surface area contributed by atoms with Crippen LogP contribution in [0, 0.1) is 0 Å². The van der Waals surface area contributed by atoms with E-state index in [0.29, 0.717) is 11.6 Å². The number of rotatable bonds is 4. The Morgan fingerprint density at radius 1 is 1.17 bits per heavy atom. The maximum atomic E-state index is 12.6. The number of hydrogen-bond acceptors (Lipinski definition) is 2. The third-order valence-electron chi connectivity index (χ3n) is 4.09. The molecule has 7 heteroatoms. The number of carbonyl (C=O) groups is 1. The first-order valence-electron chi connectivity index (χ1n) is 7.49. The van der Waals surface area contributed by atoms with Crippen molar-refractivity contribution in [3.05, 3.63) is 63.5 Å². The van der Waals surface area contributed by atoms with Crippen molar-refractivity contribution in [2.24, 2.45) is 0 Å². The third kappa shape index (κ3) is 3.33. The zero-order valence-corrected chi connectivity index (χ0v) is 13.4. The van der Waals surface area contributed by atoms with Crippen molar-refractivity contribution in [1.29, 1.82) is 0 Å². The quantitative estimate of drug-likeness (QED) is 0.847. The largest absolute Gasteiger partial charge is 0.308 e. The van der Waals surface area contributed by atoms with Crippen LogP contribution in [0.5, 0.6) is 0 Å². The van der Waals surface area contributed by atoms with Crippen LogP contribution in [-0.2, 0) is 11.3 Å². The van der Waals surface area contributed by atoms with Crippen LogP contribution in [0.1, 0.15) is 17.9 Å². The highest BCUT2D eigenvalue weighted by molar-refractivity contribution is 6.30. The van der Waals surface area contributed by atoms with Crippen LogP contribution >= 0.6 is 11.6 Å². The molecule has 24 heavy (non-hydrogen) atoms. The van der Waals surface area contributed by atoms with Gasteiger partial charge in [-0.3, -0.25) is 9.59 Å². The van der Waals surface area contributed by atoms with Crippen LogP contribution in [0.2, 0.25) is 5.02 Å². The molecule has 0 bridgehead atoms. The summed E-state index contributed by atoms with van der Waals surface area (Å²) in [5, 5.41) is 0.609. The molecule has 1 aromatic heterocycles. The molecule has 0 radical (unpaired) electrons. The highest BCUT2D eigenvalue weighted by atomic mass is 35.5. The molecular formula is C17H15ClF2N2O2. The maximum absolute atomic E-state index is 12.6. The first-order valence-corrected chi connectivity index (χ1v) is 7.87. The average molecular weight is 353 g/mol. The fourth-order valence-corrected chi connectivity index (χ4v) is 3.05.